The Bertz CT molecular complexity index is 3450. The molecule has 0 unspecified atom stereocenters. The van der Waals surface area contributed by atoms with Gasteiger partial charge in [-0.2, -0.15) is 0 Å². The Morgan fingerprint density at radius 1 is 0.480 bits per heavy atom. The van der Waals surface area contributed by atoms with Gasteiger partial charge < -0.3 is 4.42 Å². The molecule has 0 atom stereocenters. The van der Waals surface area contributed by atoms with Gasteiger partial charge in [0.15, 0.2) is 0 Å². The molecule has 1 nitrogen and oxygen atoms in total. The van der Waals surface area contributed by atoms with E-state index in [0.717, 1.165) is 54.6 Å². The lowest BCUT2D eigenvalue weighted by Gasteiger charge is -2.26. The molecule has 0 bridgehead atoms. The van der Waals surface area contributed by atoms with Crippen molar-refractivity contribution in [3.63, 3.8) is 0 Å². The maximum atomic E-state index is 9.75. The Hall–Kier alpha value is -6.18. The van der Waals surface area contributed by atoms with Gasteiger partial charge in [0.1, 0.15) is 11.2 Å². The fourth-order valence-electron chi connectivity index (χ4n) is 8.77. The lowest BCUT2D eigenvalue weighted by atomic mass is 9.76. The molecule has 0 spiro atoms. The maximum Gasteiger partial charge on any atom is 0.143 e. The summed E-state index contributed by atoms with van der Waals surface area (Å²) in [6, 6.07) is 32.9. The summed E-state index contributed by atoms with van der Waals surface area (Å²) in [6.45, 7) is 4.25. The molecule has 11 rings (SSSR count). The quantitative estimate of drug-likeness (QED) is 0.135. The zero-order chi connectivity index (χ0) is 40.1. The third-order valence-electron chi connectivity index (χ3n) is 10.8. The average molecular weight is 645 g/mol. The molecule has 9 aromatic carbocycles. The van der Waals surface area contributed by atoms with Gasteiger partial charge in [0, 0.05) is 21.8 Å². The van der Waals surface area contributed by atoms with Crippen molar-refractivity contribution in [3.8, 4) is 33.4 Å². The second kappa shape index (κ2) is 9.94. The molecule has 0 saturated heterocycles. The largest absolute Gasteiger partial charge is 0.455 e. The summed E-state index contributed by atoms with van der Waals surface area (Å²) in [7, 11) is 0. The van der Waals surface area contributed by atoms with Gasteiger partial charge in [-0.3, -0.25) is 0 Å². The van der Waals surface area contributed by atoms with Crippen LogP contribution in [0.1, 0.15) is 35.9 Å². The first-order valence-corrected chi connectivity index (χ1v) is 16.9. The smallest absolute Gasteiger partial charge is 0.143 e. The van der Waals surface area contributed by atoms with E-state index < -0.39 is 29.6 Å². The zero-order valence-electron chi connectivity index (χ0n) is 35.3. The molecule has 1 aliphatic carbocycles. The highest BCUT2D eigenvalue weighted by molar-refractivity contribution is 6.27. The molecule has 1 aromatic heterocycles. The van der Waals surface area contributed by atoms with Crippen LogP contribution in [0, 0.1) is 0 Å². The maximum absolute atomic E-state index is 9.75. The standard InChI is InChI=1S/C49H32O/c1-49(2)41-24-11-9-22-37(41)46-47(49)40(28-39-32-17-10-12-25-42(32)50-48(39)46)45-35-20-7-5-18-33(35)44(34-19-6-8-21-36(34)45)38-23-13-15-30-27-26-29-14-3-4-16-31(29)43(30)38/h3-28H,1-2H3/i5D,6D,7D,8D,18D,19D,20D,21D. The van der Waals surface area contributed by atoms with Crippen LogP contribution in [0.3, 0.4) is 0 Å². The number of benzene rings is 9. The third-order valence-corrected chi connectivity index (χ3v) is 10.8. The van der Waals surface area contributed by atoms with Crippen LogP contribution in [-0.4, -0.2) is 0 Å². The molecule has 0 fully saturated rings. The predicted octanol–water partition coefficient (Wildman–Crippen LogP) is 13.8. The molecule has 50 heavy (non-hydrogen) atoms. The Morgan fingerprint density at radius 2 is 1.06 bits per heavy atom. The number of fused-ring (bicyclic) bond motifs is 12. The molecular formula is C49H32O. The third kappa shape index (κ3) is 3.56. The molecule has 0 amide bonds. The van der Waals surface area contributed by atoms with E-state index in [9.17, 15) is 5.48 Å². The van der Waals surface area contributed by atoms with Crippen molar-refractivity contribution in [1.82, 2.24) is 0 Å². The van der Waals surface area contributed by atoms with E-state index in [1.165, 1.54) is 0 Å². The van der Waals surface area contributed by atoms with Gasteiger partial charge in [-0.25, -0.2) is 0 Å². The van der Waals surface area contributed by atoms with E-state index in [4.69, 9.17) is 9.90 Å². The van der Waals surface area contributed by atoms with Gasteiger partial charge in [0.05, 0.1) is 11.0 Å². The summed E-state index contributed by atoms with van der Waals surface area (Å²) in [5, 5.41) is 6.01. The monoisotopic (exact) mass is 644 g/mol. The molecule has 234 valence electrons. The van der Waals surface area contributed by atoms with Crippen molar-refractivity contribution in [2.45, 2.75) is 19.3 Å². The minimum atomic E-state index is -0.656. The fraction of sp³-hybridized carbons (Fsp3) is 0.0612. The fourth-order valence-corrected chi connectivity index (χ4v) is 8.77. The Balaban J connectivity index is 1.47. The van der Waals surface area contributed by atoms with E-state index in [0.29, 0.717) is 33.4 Å². The minimum Gasteiger partial charge on any atom is -0.455 e. The second-order valence-electron chi connectivity index (χ2n) is 13.8. The highest BCUT2D eigenvalue weighted by atomic mass is 16.3. The predicted molar refractivity (Wildman–Crippen MR) is 212 cm³/mol. The minimum absolute atomic E-state index is 0.192. The zero-order valence-corrected chi connectivity index (χ0v) is 27.3. The van der Waals surface area contributed by atoms with Crippen LogP contribution in [0.2, 0.25) is 0 Å². The first kappa shape index (κ1) is 21.0. The molecule has 0 saturated carbocycles. The first-order valence-electron chi connectivity index (χ1n) is 20.9. The highest BCUT2D eigenvalue weighted by Crippen LogP contribution is 2.58. The second-order valence-corrected chi connectivity index (χ2v) is 13.8. The van der Waals surface area contributed by atoms with Crippen LogP contribution in [-0.2, 0) is 5.41 Å². The number of hydrogen-bond acceptors (Lipinski definition) is 1. The topological polar surface area (TPSA) is 13.1 Å². The Labute approximate surface area is 301 Å². The van der Waals surface area contributed by atoms with E-state index >= 15 is 0 Å². The molecule has 10 aromatic rings. The lowest BCUT2D eigenvalue weighted by molar-refractivity contribution is 0.654. The number of para-hydroxylation sites is 1. The molecular weight excluding hydrogens is 605 g/mol. The van der Waals surface area contributed by atoms with Gasteiger partial charge in [-0.1, -0.05) is 159 Å². The van der Waals surface area contributed by atoms with Crippen molar-refractivity contribution in [1.29, 1.82) is 0 Å². The molecule has 1 heteroatoms. The van der Waals surface area contributed by atoms with Crippen LogP contribution in [0.5, 0.6) is 0 Å². The average Bonchev–Trinajstić information content (AvgIpc) is 3.73. The highest BCUT2D eigenvalue weighted by Gasteiger charge is 2.40. The van der Waals surface area contributed by atoms with Gasteiger partial charge in [0.2, 0.25) is 0 Å². The molecule has 0 aliphatic heterocycles. The van der Waals surface area contributed by atoms with Crippen molar-refractivity contribution in [2.75, 3.05) is 0 Å². The van der Waals surface area contributed by atoms with Crippen LogP contribution in [0.4, 0.5) is 0 Å². The normalized spacial score (nSPS) is 15.8. The summed E-state index contributed by atoms with van der Waals surface area (Å²) in [5.74, 6) is 0. The van der Waals surface area contributed by atoms with E-state index in [1.807, 2.05) is 97.1 Å². The molecule has 1 aliphatic rings. The first-order chi connectivity index (χ1) is 27.9. The van der Waals surface area contributed by atoms with E-state index in [2.05, 4.69) is 26.0 Å². The summed E-state index contributed by atoms with van der Waals surface area (Å²) >= 11 is 0. The van der Waals surface area contributed by atoms with Gasteiger partial charge >= 0.3 is 0 Å². The Kier molecular flexibility index (Phi) is 4.18. The summed E-state index contributed by atoms with van der Waals surface area (Å²) in [6.07, 6.45) is 0. The van der Waals surface area contributed by atoms with Gasteiger partial charge in [0.25, 0.3) is 0 Å². The summed E-state index contributed by atoms with van der Waals surface area (Å²) in [4.78, 5) is 0. The van der Waals surface area contributed by atoms with Crippen LogP contribution in [0.25, 0.3) is 98.4 Å². The van der Waals surface area contributed by atoms with Crippen LogP contribution in [0.15, 0.2) is 162 Å². The lowest BCUT2D eigenvalue weighted by Crippen LogP contribution is -2.16. The molecule has 0 radical (unpaired) electrons. The SMILES string of the molecule is [2H]c1c([2H])c([2H])c2c(-c3cccc4ccc5ccccc5c34)c3c([2H])c([2H])c([2H])c([2H])c3c(-c3cc4c(oc5ccccc54)c4c3C(C)(C)c3ccccc3-4)c2c1[2H]. The van der Waals surface area contributed by atoms with E-state index in [1.54, 1.807) is 0 Å². The summed E-state index contributed by atoms with van der Waals surface area (Å²) < 4.78 is 81.9. The van der Waals surface area contributed by atoms with Crippen LogP contribution >= 0.6 is 0 Å². The number of furan rings is 1. The summed E-state index contributed by atoms with van der Waals surface area (Å²) in [5.41, 5.74) is 6.37. The van der Waals surface area contributed by atoms with Crippen molar-refractivity contribution < 1.29 is 15.4 Å². The van der Waals surface area contributed by atoms with Gasteiger partial charge in [-0.15, -0.1) is 0 Å². The Morgan fingerprint density at radius 3 is 1.82 bits per heavy atom. The number of hydrogen-bond donors (Lipinski definition) is 0. The van der Waals surface area contributed by atoms with E-state index in [-0.39, 0.29) is 45.7 Å². The number of rotatable bonds is 2. The van der Waals surface area contributed by atoms with Crippen molar-refractivity contribution in [3.05, 3.63) is 169 Å². The molecule has 0 N–H and O–H groups in total. The van der Waals surface area contributed by atoms with Crippen molar-refractivity contribution >= 4 is 65.0 Å². The molecule has 1 heterocycles. The van der Waals surface area contributed by atoms with Gasteiger partial charge in [-0.05, 0) is 94.2 Å². The van der Waals surface area contributed by atoms with Crippen molar-refractivity contribution in [2.24, 2.45) is 0 Å². The van der Waals surface area contributed by atoms with Crippen LogP contribution < -0.4 is 0 Å².